The molecule has 0 aliphatic carbocycles. The Morgan fingerprint density at radius 1 is 1.25 bits per heavy atom. The van der Waals surface area contributed by atoms with Gasteiger partial charge in [0.2, 0.25) is 0 Å². The lowest BCUT2D eigenvalue weighted by atomic mass is 9.91. The van der Waals surface area contributed by atoms with Crippen LogP contribution < -0.4 is 5.32 Å². The molecule has 0 radical (unpaired) electrons. The number of aromatic nitrogens is 2. The van der Waals surface area contributed by atoms with Gasteiger partial charge in [-0.05, 0) is 44.4 Å². The number of piperidine rings is 1. The van der Waals surface area contributed by atoms with Gasteiger partial charge in [0.25, 0.3) is 0 Å². The highest BCUT2D eigenvalue weighted by molar-refractivity contribution is 7.05. The van der Waals surface area contributed by atoms with E-state index in [2.05, 4.69) is 47.5 Å². The topological polar surface area (TPSA) is 41.0 Å². The van der Waals surface area contributed by atoms with Crippen molar-refractivity contribution in [1.29, 1.82) is 0 Å². The van der Waals surface area contributed by atoms with Crippen molar-refractivity contribution >= 4 is 11.5 Å². The summed E-state index contributed by atoms with van der Waals surface area (Å²) in [6.45, 7) is 13.4. The molecule has 0 aromatic carbocycles. The Morgan fingerprint density at radius 2 is 1.95 bits per heavy atom. The van der Waals surface area contributed by atoms with Crippen molar-refractivity contribution in [2.75, 3.05) is 19.6 Å². The lowest BCUT2D eigenvalue weighted by molar-refractivity contribution is 0.209. The minimum absolute atomic E-state index is 0.0835. The summed E-state index contributed by atoms with van der Waals surface area (Å²) < 4.78 is 4.12. The van der Waals surface area contributed by atoms with Gasteiger partial charge in [0.05, 0.1) is 10.6 Å². The maximum absolute atomic E-state index is 4.30. The first kappa shape index (κ1) is 15.9. The molecule has 0 bridgehead atoms. The first-order valence-corrected chi connectivity index (χ1v) is 8.51. The van der Waals surface area contributed by atoms with E-state index in [0.717, 1.165) is 18.8 Å². The van der Waals surface area contributed by atoms with Crippen molar-refractivity contribution in [2.45, 2.75) is 65.0 Å². The Bertz CT molecular complexity index is 404. The summed E-state index contributed by atoms with van der Waals surface area (Å²) in [4.78, 5) is 3.86. The van der Waals surface area contributed by atoms with Crippen LogP contribution in [0.1, 0.15) is 57.5 Å². The number of nitrogens with one attached hydrogen (secondary N) is 1. The zero-order valence-electron chi connectivity index (χ0n) is 13.3. The molecule has 1 atom stereocenters. The number of nitrogens with zero attached hydrogens (tertiary/aromatic N) is 3. The number of likely N-dealkylation sites (tertiary alicyclic amines) is 1. The third-order valence-electron chi connectivity index (χ3n) is 3.86. The highest BCUT2D eigenvalue weighted by Crippen LogP contribution is 2.25. The molecule has 0 amide bonds. The van der Waals surface area contributed by atoms with Crippen LogP contribution in [0.4, 0.5) is 0 Å². The molecule has 1 N–H and O–H groups in total. The van der Waals surface area contributed by atoms with Gasteiger partial charge in [-0.15, -0.1) is 5.10 Å². The SMILES string of the molecule is CC(CN1CCCCC1)NCc1snnc1C(C)(C)C. The Hall–Kier alpha value is -0.520. The molecule has 1 aliphatic rings. The van der Waals surface area contributed by atoms with Crippen LogP contribution in [-0.2, 0) is 12.0 Å². The summed E-state index contributed by atoms with van der Waals surface area (Å²) in [5.41, 5.74) is 1.22. The minimum atomic E-state index is 0.0835. The summed E-state index contributed by atoms with van der Waals surface area (Å²) in [7, 11) is 0. The van der Waals surface area contributed by atoms with Crippen LogP contribution in [0.25, 0.3) is 0 Å². The van der Waals surface area contributed by atoms with Gasteiger partial charge < -0.3 is 10.2 Å². The van der Waals surface area contributed by atoms with E-state index in [4.69, 9.17) is 0 Å². The van der Waals surface area contributed by atoms with E-state index in [1.54, 1.807) is 0 Å². The summed E-state index contributed by atoms with van der Waals surface area (Å²) in [5, 5.41) is 7.93. The summed E-state index contributed by atoms with van der Waals surface area (Å²) in [5.74, 6) is 0. The second kappa shape index (κ2) is 6.96. The van der Waals surface area contributed by atoms with Gasteiger partial charge in [-0.3, -0.25) is 0 Å². The molecule has 4 nitrogen and oxygen atoms in total. The van der Waals surface area contributed by atoms with E-state index < -0.39 is 0 Å². The van der Waals surface area contributed by atoms with E-state index >= 15 is 0 Å². The van der Waals surface area contributed by atoms with E-state index in [1.165, 1.54) is 48.8 Å². The van der Waals surface area contributed by atoms with Crippen LogP contribution in [0.15, 0.2) is 0 Å². The molecular weight excluding hydrogens is 268 g/mol. The quantitative estimate of drug-likeness (QED) is 0.907. The number of hydrogen-bond acceptors (Lipinski definition) is 5. The van der Waals surface area contributed by atoms with E-state index in [1.807, 2.05) is 0 Å². The summed E-state index contributed by atoms with van der Waals surface area (Å²) in [6, 6.07) is 0.517. The molecule has 2 rings (SSSR count). The van der Waals surface area contributed by atoms with Crippen molar-refractivity contribution < 1.29 is 0 Å². The molecule has 0 saturated carbocycles. The molecule has 1 aromatic rings. The van der Waals surface area contributed by atoms with Gasteiger partial charge in [-0.2, -0.15) is 0 Å². The van der Waals surface area contributed by atoms with Gasteiger partial charge in [0, 0.05) is 24.5 Å². The van der Waals surface area contributed by atoms with Crippen LogP contribution in [-0.4, -0.2) is 40.2 Å². The fourth-order valence-electron chi connectivity index (χ4n) is 2.75. The number of hydrogen-bond donors (Lipinski definition) is 1. The van der Waals surface area contributed by atoms with Crippen molar-refractivity contribution in [3.63, 3.8) is 0 Å². The first-order valence-electron chi connectivity index (χ1n) is 7.74. The third kappa shape index (κ3) is 4.50. The molecule has 1 fully saturated rings. The Morgan fingerprint density at radius 3 is 2.60 bits per heavy atom. The summed E-state index contributed by atoms with van der Waals surface area (Å²) in [6.07, 6.45) is 4.12. The maximum Gasteiger partial charge on any atom is 0.0854 e. The third-order valence-corrected chi connectivity index (χ3v) is 4.58. The minimum Gasteiger partial charge on any atom is -0.308 e. The zero-order chi connectivity index (χ0) is 14.6. The second-order valence-corrected chi connectivity index (χ2v) is 7.78. The lowest BCUT2D eigenvalue weighted by Crippen LogP contribution is -2.41. The molecule has 1 aromatic heterocycles. The fourth-order valence-corrected chi connectivity index (χ4v) is 3.56. The maximum atomic E-state index is 4.30. The molecular formula is C15H28N4S. The Labute approximate surface area is 127 Å². The molecule has 1 unspecified atom stereocenters. The molecule has 1 saturated heterocycles. The normalized spacial score (nSPS) is 19.2. The molecule has 1 aliphatic heterocycles. The summed E-state index contributed by atoms with van der Waals surface area (Å²) >= 11 is 1.53. The molecule has 0 spiro atoms. The van der Waals surface area contributed by atoms with Crippen LogP contribution in [0.3, 0.4) is 0 Å². The molecule has 2 heterocycles. The van der Waals surface area contributed by atoms with E-state index in [0.29, 0.717) is 6.04 Å². The molecule has 20 heavy (non-hydrogen) atoms. The van der Waals surface area contributed by atoms with Crippen LogP contribution in [0.2, 0.25) is 0 Å². The Kier molecular flexibility index (Phi) is 5.52. The number of rotatable bonds is 5. The first-order chi connectivity index (χ1) is 9.47. The highest BCUT2D eigenvalue weighted by atomic mass is 32.1. The molecule has 114 valence electrons. The molecule has 5 heteroatoms. The van der Waals surface area contributed by atoms with Crippen molar-refractivity contribution in [1.82, 2.24) is 19.8 Å². The second-order valence-electron chi connectivity index (χ2n) is 6.94. The van der Waals surface area contributed by atoms with Crippen molar-refractivity contribution in [3.05, 3.63) is 10.6 Å². The smallest absolute Gasteiger partial charge is 0.0854 e. The van der Waals surface area contributed by atoms with Gasteiger partial charge in [0.1, 0.15) is 0 Å². The van der Waals surface area contributed by atoms with E-state index in [-0.39, 0.29) is 5.41 Å². The largest absolute Gasteiger partial charge is 0.308 e. The van der Waals surface area contributed by atoms with E-state index in [9.17, 15) is 0 Å². The van der Waals surface area contributed by atoms with Gasteiger partial charge in [-0.1, -0.05) is 31.7 Å². The average Bonchev–Trinajstić information content (AvgIpc) is 2.86. The predicted molar refractivity (Wildman–Crippen MR) is 85.2 cm³/mol. The standard InChI is InChI=1S/C15H28N4S/c1-12(11-19-8-6-5-7-9-19)16-10-13-14(15(2,3)4)17-18-20-13/h12,16H,5-11H2,1-4H3. The zero-order valence-corrected chi connectivity index (χ0v) is 14.1. The van der Waals surface area contributed by atoms with Crippen LogP contribution in [0, 0.1) is 0 Å². The van der Waals surface area contributed by atoms with Crippen LogP contribution in [0.5, 0.6) is 0 Å². The van der Waals surface area contributed by atoms with Crippen molar-refractivity contribution in [2.24, 2.45) is 0 Å². The van der Waals surface area contributed by atoms with Gasteiger partial charge >= 0.3 is 0 Å². The monoisotopic (exact) mass is 296 g/mol. The van der Waals surface area contributed by atoms with Crippen molar-refractivity contribution in [3.8, 4) is 0 Å². The predicted octanol–water partition coefficient (Wildman–Crippen LogP) is 2.80. The highest BCUT2D eigenvalue weighted by Gasteiger charge is 2.22. The van der Waals surface area contributed by atoms with Crippen LogP contribution >= 0.6 is 11.5 Å². The fraction of sp³-hybridized carbons (Fsp3) is 0.867. The lowest BCUT2D eigenvalue weighted by Gasteiger charge is -2.29. The average molecular weight is 296 g/mol. The van der Waals surface area contributed by atoms with Gasteiger partial charge in [0.15, 0.2) is 0 Å². The van der Waals surface area contributed by atoms with Gasteiger partial charge in [-0.25, -0.2) is 0 Å². The Balaban J connectivity index is 1.81.